The maximum absolute atomic E-state index is 12.0. The van der Waals surface area contributed by atoms with E-state index in [0.29, 0.717) is 12.2 Å². The fourth-order valence-corrected chi connectivity index (χ4v) is 3.14. The van der Waals surface area contributed by atoms with E-state index >= 15 is 0 Å². The number of ether oxygens (including phenoxy) is 1. The van der Waals surface area contributed by atoms with Gasteiger partial charge < -0.3 is 4.74 Å². The largest absolute Gasteiger partial charge is 0.427 e. The van der Waals surface area contributed by atoms with E-state index in [1.165, 1.54) is 44.9 Å². The molecule has 0 bridgehead atoms. The van der Waals surface area contributed by atoms with Crippen LogP contribution in [0.5, 0.6) is 5.75 Å². The van der Waals surface area contributed by atoms with Crippen molar-refractivity contribution in [2.24, 2.45) is 0 Å². The Bertz CT molecular complexity index is 681. The van der Waals surface area contributed by atoms with Crippen LogP contribution in [0.15, 0.2) is 36.7 Å². The zero-order valence-electron chi connectivity index (χ0n) is 17.5. The highest BCUT2D eigenvalue weighted by Gasteiger charge is 2.06. The van der Waals surface area contributed by atoms with Gasteiger partial charge in [0.1, 0.15) is 5.75 Å². The van der Waals surface area contributed by atoms with Crippen molar-refractivity contribution in [2.45, 2.75) is 84.5 Å². The molecule has 0 spiro atoms. The number of carbonyl (C=O) groups is 1. The second kappa shape index (κ2) is 13.0. The molecule has 0 unspecified atom stereocenters. The molecule has 4 nitrogen and oxygen atoms in total. The molecule has 1 aromatic carbocycles. The Labute approximate surface area is 169 Å². The van der Waals surface area contributed by atoms with Crippen molar-refractivity contribution >= 4 is 5.97 Å². The topological polar surface area (TPSA) is 52.1 Å². The molecule has 0 aliphatic carbocycles. The van der Waals surface area contributed by atoms with Crippen LogP contribution in [0, 0.1) is 0 Å². The third-order valence-corrected chi connectivity index (χ3v) is 4.93. The van der Waals surface area contributed by atoms with E-state index in [4.69, 9.17) is 4.74 Å². The molecule has 1 aromatic heterocycles. The fraction of sp³-hybridized carbons (Fsp3) is 0.542. The van der Waals surface area contributed by atoms with Gasteiger partial charge in [0.2, 0.25) is 0 Å². The Morgan fingerprint density at radius 3 is 2.04 bits per heavy atom. The lowest BCUT2D eigenvalue weighted by atomic mass is 10.1. The second-order valence-electron chi connectivity index (χ2n) is 7.32. The van der Waals surface area contributed by atoms with Gasteiger partial charge in [-0.15, -0.1) is 0 Å². The third-order valence-electron chi connectivity index (χ3n) is 4.93. The molecular formula is C24H34N2O2. The molecule has 1 heterocycles. The van der Waals surface area contributed by atoms with Crippen LogP contribution in [0.2, 0.25) is 0 Å². The number of aryl methyl sites for hydroxylation is 1. The first-order chi connectivity index (χ1) is 13.7. The van der Waals surface area contributed by atoms with E-state index in [-0.39, 0.29) is 5.97 Å². The van der Waals surface area contributed by atoms with E-state index in [1.54, 1.807) is 12.4 Å². The Kier molecular flexibility index (Phi) is 10.3. The number of aromatic nitrogens is 2. The highest BCUT2D eigenvalue weighted by Crippen LogP contribution is 2.21. The van der Waals surface area contributed by atoms with Gasteiger partial charge in [-0.2, -0.15) is 0 Å². The van der Waals surface area contributed by atoms with Crippen molar-refractivity contribution in [3.63, 3.8) is 0 Å². The Morgan fingerprint density at radius 2 is 1.46 bits per heavy atom. The minimum absolute atomic E-state index is 0.150. The predicted octanol–water partition coefficient (Wildman–Crippen LogP) is 6.53. The summed E-state index contributed by atoms with van der Waals surface area (Å²) in [5.41, 5.74) is 2.77. The minimum atomic E-state index is -0.150. The summed E-state index contributed by atoms with van der Waals surface area (Å²) in [4.78, 5) is 20.8. The van der Waals surface area contributed by atoms with Gasteiger partial charge in [0.05, 0.1) is 17.6 Å². The molecule has 0 N–H and O–H groups in total. The van der Waals surface area contributed by atoms with Gasteiger partial charge in [-0.3, -0.25) is 14.8 Å². The number of nitrogens with zero attached hydrogens (tertiary/aromatic N) is 2. The zero-order valence-corrected chi connectivity index (χ0v) is 17.5. The van der Waals surface area contributed by atoms with Crippen LogP contribution >= 0.6 is 0 Å². The molecule has 2 aromatic rings. The number of hydrogen-bond acceptors (Lipinski definition) is 4. The standard InChI is InChI=1S/C24H34N2O2/c1-3-5-6-7-8-9-10-11-12-13-24(27)28-22-16-14-20(15-17-22)23-19-25-21(4-2)18-26-23/h14-19H,3-13H2,1-2H3. The molecule has 0 radical (unpaired) electrons. The molecule has 0 aliphatic rings. The summed E-state index contributed by atoms with van der Waals surface area (Å²) >= 11 is 0. The Balaban J connectivity index is 1.64. The van der Waals surface area contributed by atoms with Crippen LogP contribution in [0.1, 0.15) is 83.7 Å². The van der Waals surface area contributed by atoms with E-state index in [1.807, 2.05) is 24.3 Å². The summed E-state index contributed by atoms with van der Waals surface area (Å²) in [7, 11) is 0. The normalized spacial score (nSPS) is 10.8. The molecule has 2 rings (SSSR count). The second-order valence-corrected chi connectivity index (χ2v) is 7.32. The van der Waals surface area contributed by atoms with Gasteiger partial charge in [0.25, 0.3) is 0 Å². The lowest BCUT2D eigenvalue weighted by molar-refractivity contribution is -0.134. The summed E-state index contributed by atoms with van der Waals surface area (Å²) in [6.45, 7) is 4.30. The molecule has 0 fully saturated rings. The maximum Gasteiger partial charge on any atom is 0.311 e. The highest BCUT2D eigenvalue weighted by atomic mass is 16.5. The quantitative estimate of drug-likeness (QED) is 0.224. The van der Waals surface area contributed by atoms with Gasteiger partial charge >= 0.3 is 5.97 Å². The minimum Gasteiger partial charge on any atom is -0.427 e. The first-order valence-electron chi connectivity index (χ1n) is 10.8. The summed E-state index contributed by atoms with van der Waals surface area (Å²) < 4.78 is 5.44. The average Bonchev–Trinajstić information content (AvgIpc) is 2.73. The average molecular weight is 383 g/mol. The number of benzene rings is 1. The van der Waals surface area contributed by atoms with Crippen LogP contribution in [0.3, 0.4) is 0 Å². The molecule has 4 heteroatoms. The lowest BCUT2D eigenvalue weighted by Crippen LogP contribution is -2.07. The van der Waals surface area contributed by atoms with E-state index in [0.717, 1.165) is 36.2 Å². The highest BCUT2D eigenvalue weighted by molar-refractivity contribution is 5.72. The van der Waals surface area contributed by atoms with Crippen molar-refractivity contribution in [3.05, 3.63) is 42.4 Å². The van der Waals surface area contributed by atoms with E-state index in [9.17, 15) is 4.79 Å². The molecule has 0 amide bonds. The first-order valence-corrected chi connectivity index (χ1v) is 10.8. The van der Waals surface area contributed by atoms with Gasteiger partial charge in [-0.25, -0.2) is 0 Å². The molecule has 0 atom stereocenters. The van der Waals surface area contributed by atoms with Gasteiger partial charge in [-0.05, 0) is 37.1 Å². The van der Waals surface area contributed by atoms with Crippen LogP contribution in [0.25, 0.3) is 11.3 Å². The predicted molar refractivity (Wildman–Crippen MR) is 114 cm³/mol. The first kappa shape index (κ1) is 22.1. The SMILES string of the molecule is CCCCCCCCCCCC(=O)Oc1ccc(-c2cnc(CC)cn2)cc1. The summed E-state index contributed by atoms with van der Waals surface area (Å²) in [5.74, 6) is 0.436. The Hall–Kier alpha value is -2.23. The monoisotopic (exact) mass is 382 g/mol. The molecule has 0 aliphatic heterocycles. The van der Waals surface area contributed by atoms with Crippen LogP contribution in [-0.4, -0.2) is 15.9 Å². The van der Waals surface area contributed by atoms with Crippen LogP contribution < -0.4 is 4.74 Å². The molecule has 28 heavy (non-hydrogen) atoms. The van der Waals surface area contributed by atoms with Crippen molar-refractivity contribution in [1.82, 2.24) is 9.97 Å². The fourth-order valence-electron chi connectivity index (χ4n) is 3.14. The third kappa shape index (κ3) is 8.20. The number of esters is 1. The number of carbonyl (C=O) groups excluding carboxylic acids is 1. The van der Waals surface area contributed by atoms with Crippen molar-refractivity contribution in [2.75, 3.05) is 0 Å². The van der Waals surface area contributed by atoms with Crippen LogP contribution in [-0.2, 0) is 11.2 Å². The van der Waals surface area contributed by atoms with Crippen molar-refractivity contribution < 1.29 is 9.53 Å². The maximum atomic E-state index is 12.0. The van der Waals surface area contributed by atoms with Gasteiger partial charge in [0.15, 0.2) is 0 Å². The van der Waals surface area contributed by atoms with Crippen molar-refractivity contribution in [1.29, 1.82) is 0 Å². The smallest absolute Gasteiger partial charge is 0.311 e. The zero-order chi connectivity index (χ0) is 20.0. The Morgan fingerprint density at radius 1 is 0.821 bits per heavy atom. The summed E-state index contributed by atoms with van der Waals surface area (Å²) in [6, 6.07) is 7.46. The van der Waals surface area contributed by atoms with E-state index < -0.39 is 0 Å². The van der Waals surface area contributed by atoms with Gasteiger partial charge in [0, 0.05) is 18.2 Å². The number of hydrogen-bond donors (Lipinski definition) is 0. The van der Waals surface area contributed by atoms with Gasteiger partial charge in [-0.1, -0.05) is 65.2 Å². The number of unbranched alkanes of at least 4 members (excludes halogenated alkanes) is 8. The number of rotatable bonds is 13. The van der Waals surface area contributed by atoms with Crippen molar-refractivity contribution in [3.8, 4) is 17.0 Å². The molecule has 0 saturated carbocycles. The summed E-state index contributed by atoms with van der Waals surface area (Å²) in [5, 5.41) is 0. The lowest BCUT2D eigenvalue weighted by Gasteiger charge is -2.06. The summed E-state index contributed by atoms with van der Waals surface area (Å²) in [6.07, 6.45) is 16.1. The molecular weight excluding hydrogens is 348 g/mol. The molecule has 152 valence electrons. The van der Waals surface area contributed by atoms with E-state index in [2.05, 4.69) is 23.8 Å². The van der Waals surface area contributed by atoms with Crippen LogP contribution in [0.4, 0.5) is 0 Å². The molecule has 0 saturated heterocycles.